The van der Waals surface area contributed by atoms with Crippen molar-refractivity contribution in [1.29, 1.82) is 0 Å². The highest BCUT2D eigenvalue weighted by Crippen LogP contribution is 1.86. The molecule has 0 aliphatic rings. The Hall–Kier alpha value is -0.840. The van der Waals surface area contributed by atoms with E-state index in [1.54, 1.807) is 7.05 Å². The second kappa shape index (κ2) is 7.55. The van der Waals surface area contributed by atoms with Crippen LogP contribution < -0.4 is 16.0 Å². The van der Waals surface area contributed by atoms with Gasteiger partial charge < -0.3 is 16.0 Å². The van der Waals surface area contributed by atoms with E-state index < -0.39 is 0 Å². The van der Waals surface area contributed by atoms with Crippen molar-refractivity contribution in [2.24, 2.45) is 5.92 Å². The summed E-state index contributed by atoms with van der Waals surface area (Å²) in [4.78, 5) is 10.8. The number of rotatable bonds is 5. The molecular weight excluding hydrogens is 198 g/mol. The van der Waals surface area contributed by atoms with Gasteiger partial charge >= 0.3 is 0 Å². The van der Waals surface area contributed by atoms with Gasteiger partial charge in [0.25, 0.3) is 0 Å². The first-order chi connectivity index (χ1) is 6.56. The molecule has 1 amide bonds. The Bertz CT molecular complexity index is 194. The van der Waals surface area contributed by atoms with Gasteiger partial charge in [-0.1, -0.05) is 13.8 Å². The Morgan fingerprint density at radius 2 is 2.00 bits per heavy atom. The van der Waals surface area contributed by atoms with Gasteiger partial charge in [-0.15, -0.1) is 0 Å². The van der Waals surface area contributed by atoms with Crippen LogP contribution in [0.25, 0.3) is 0 Å². The second-order valence-electron chi connectivity index (χ2n) is 3.45. The molecule has 0 aliphatic carbocycles. The van der Waals surface area contributed by atoms with Gasteiger partial charge in [0, 0.05) is 26.6 Å². The molecule has 0 saturated carbocycles. The minimum Gasteiger partial charge on any atom is -0.362 e. The van der Waals surface area contributed by atoms with Crippen LogP contribution in [0.2, 0.25) is 0 Å². The molecule has 14 heavy (non-hydrogen) atoms. The van der Waals surface area contributed by atoms with E-state index in [0.717, 1.165) is 6.54 Å². The summed E-state index contributed by atoms with van der Waals surface area (Å²) < 4.78 is 0. The largest absolute Gasteiger partial charge is 0.362 e. The van der Waals surface area contributed by atoms with Crippen molar-refractivity contribution in [3.05, 3.63) is 0 Å². The fraction of sp³-hybridized carbons (Fsp3) is 0.778. The lowest BCUT2D eigenvalue weighted by Crippen LogP contribution is -2.38. The van der Waals surface area contributed by atoms with Crippen LogP contribution in [0, 0.1) is 5.92 Å². The lowest BCUT2D eigenvalue weighted by atomic mass is 10.2. The third-order valence-electron chi connectivity index (χ3n) is 1.59. The molecule has 0 rings (SSSR count). The third kappa shape index (κ3) is 7.79. The summed E-state index contributed by atoms with van der Waals surface area (Å²) in [5, 5.41) is 9.19. The highest BCUT2D eigenvalue weighted by Gasteiger charge is 1.99. The molecule has 4 nitrogen and oxygen atoms in total. The zero-order valence-corrected chi connectivity index (χ0v) is 9.83. The Balaban J connectivity index is 3.40. The van der Waals surface area contributed by atoms with Crippen molar-refractivity contribution in [2.75, 3.05) is 20.1 Å². The van der Waals surface area contributed by atoms with Crippen LogP contribution in [0.3, 0.4) is 0 Å². The van der Waals surface area contributed by atoms with E-state index in [1.807, 2.05) is 0 Å². The van der Waals surface area contributed by atoms with E-state index in [2.05, 4.69) is 29.8 Å². The zero-order chi connectivity index (χ0) is 11.0. The van der Waals surface area contributed by atoms with Gasteiger partial charge in [-0.25, -0.2) is 0 Å². The SMILES string of the molecule is CNC(=O)CCNC(=S)NCC(C)C. The van der Waals surface area contributed by atoms with Crippen LogP contribution >= 0.6 is 12.2 Å². The normalized spacial score (nSPS) is 9.71. The molecular formula is C9H19N3OS. The highest BCUT2D eigenvalue weighted by molar-refractivity contribution is 7.80. The maximum atomic E-state index is 10.8. The second-order valence-corrected chi connectivity index (χ2v) is 3.86. The molecule has 82 valence electrons. The van der Waals surface area contributed by atoms with Crippen LogP contribution in [0.15, 0.2) is 0 Å². The van der Waals surface area contributed by atoms with Crippen LogP contribution in [0.5, 0.6) is 0 Å². The Morgan fingerprint density at radius 3 is 2.50 bits per heavy atom. The number of nitrogens with one attached hydrogen (secondary N) is 3. The third-order valence-corrected chi connectivity index (χ3v) is 1.88. The fourth-order valence-electron chi connectivity index (χ4n) is 0.774. The molecule has 3 N–H and O–H groups in total. The van der Waals surface area contributed by atoms with Crippen molar-refractivity contribution in [3.63, 3.8) is 0 Å². The molecule has 0 saturated heterocycles. The van der Waals surface area contributed by atoms with Crippen LogP contribution in [0.4, 0.5) is 0 Å². The number of hydrogen-bond donors (Lipinski definition) is 3. The zero-order valence-electron chi connectivity index (χ0n) is 9.02. The van der Waals surface area contributed by atoms with Gasteiger partial charge in [0.1, 0.15) is 0 Å². The fourth-order valence-corrected chi connectivity index (χ4v) is 0.959. The lowest BCUT2D eigenvalue weighted by Gasteiger charge is -2.11. The van der Waals surface area contributed by atoms with Gasteiger partial charge in [-0.3, -0.25) is 4.79 Å². The molecule has 0 aliphatic heterocycles. The molecule has 0 radical (unpaired) electrons. The van der Waals surface area contributed by atoms with Crippen LogP contribution in [-0.4, -0.2) is 31.2 Å². The molecule has 0 fully saturated rings. The van der Waals surface area contributed by atoms with E-state index in [-0.39, 0.29) is 5.91 Å². The Kier molecular flexibility index (Phi) is 7.10. The predicted molar refractivity (Wildman–Crippen MR) is 62.1 cm³/mol. The average molecular weight is 217 g/mol. The molecule has 0 aromatic carbocycles. The summed E-state index contributed by atoms with van der Waals surface area (Å²) in [5.74, 6) is 0.581. The topological polar surface area (TPSA) is 53.2 Å². The van der Waals surface area contributed by atoms with Gasteiger partial charge in [0.2, 0.25) is 5.91 Å². The van der Waals surface area contributed by atoms with E-state index in [9.17, 15) is 4.79 Å². The first-order valence-corrected chi connectivity index (χ1v) is 5.19. The summed E-state index contributed by atoms with van der Waals surface area (Å²) in [6, 6.07) is 0. The molecule has 0 aromatic rings. The smallest absolute Gasteiger partial charge is 0.221 e. The van der Waals surface area contributed by atoms with Gasteiger partial charge in [0.05, 0.1) is 0 Å². The lowest BCUT2D eigenvalue weighted by molar-refractivity contribution is -0.120. The molecule has 0 bridgehead atoms. The Labute approximate surface area is 90.8 Å². The maximum absolute atomic E-state index is 10.8. The number of carbonyl (C=O) groups excluding carboxylic acids is 1. The molecule has 5 heteroatoms. The van der Waals surface area contributed by atoms with Crippen molar-refractivity contribution in [2.45, 2.75) is 20.3 Å². The summed E-state index contributed by atoms with van der Waals surface area (Å²) in [6.45, 7) is 5.65. The van der Waals surface area contributed by atoms with E-state index in [1.165, 1.54) is 0 Å². The summed E-state index contributed by atoms with van der Waals surface area (Å²) in [7, 11) is 1.62. The monoisotopic (exact) mass is 217 g/mol. The first kappa shape index (κ1) is 13.2. The molecule has 0 unspecified atom stereocenters. The van der Waals surface area contributed by atoms with Crippen LogP contribution in [-0.2, 0) is 4.79 Å². The number of amides is 1. The number of thiocarbonyl (C=S) groups is 1. The van der Waals surface area contributed by atoms with Gasteiger partial charge in [0.15, 0.2) is 5.11 Å². The van der Waals surface area contributed by atoms with Crippen molar-refractivity contribution in [3.8, 4) is 0 Å². The highest BCUT2D eigenvalue weighted by atomic mass is 32.1. The van der Waals surface area contributed by atoms with E-state index in [4.69, 9.17) is 12.2 Å². The van der Waals surface area contributed by atoms with Crippen LogP contribution in [0.1, 0.15) is 20.3 Å². The quantitative estimate of drug-likeness (QED) is 0.578. The first-order valence-electron chi connectivity index (χ1n) is 4.78. The van der Waals surface area contributed by atoms with Gasteiger partial charge in [-0.05, 0) is 18.1 Å². The minimum absolute atomic E-state index is 0.0177. The summed E-state index contributed by atoms with van der Waals surface area (Å²) in [5.41, 5.74) is 0. The van der Waals surface area contributed by atoms with E-state index in [0.29, 0.717) is 24.0 Å². The number of hydrogen-bond acceptors (Lipinski definition) is 2. The molecule has 0 spiro atoms. The number of carbonyl (C=O) groups is 1. The van der Waals surface area contributed by atoms with Crippen molar-refractivity contribution in [1.82, 2.24) is 16.0 Å². The Morgan fingerprint density at radius 1 is 1.36 bits per heavy atom. The van der Waals surface area contributed by atoms with E-state index >= 15 is 0 Å². The molecule has 0 aromatic heterocycles. The summed E-state index contributed by atoms with van der Waals surface area (Å²) in [6.07, 6.45) is 0.444. The van der Waals surface area contributed by atoms with Crippen molar-refractivity contribution >= 4 is 23.2 Å². The standard InChI is InChI=1S/C9H19N3OS/c1-7(2)6-12-9(14)11-5-4-8(13)10-3/h7H,4-6H2,1-3H3,(H,10,13)(H2,11,12,14). The predicted octanol–water partition coefficient (Wildman–Crippen LogP) is 0.243. The molecule has 0 atom stereocenters. The average Bonchev–Trinajstić information content (AvgIpc) is 2.14. The van der Waals surface area contributed by atoms with Gasteiger partial charge in [-0.2, -0.15) is 0 Å². The maximum Gasteiger partial charge on any atom is 0.221 e. The molecule has 0 heterocycles. The van der Waals surface area contributed by atoms with Crippen molar-refractivity contribution < 1.29 is 4.79 Å². The minimum atomic E-state index is 0.0177. The summed E-state index contributed by atoms with van der Waals surface area (Å²) >= 11 is 5.01.